The predicted molar refractivity (Wildman–Crippen MR) is 50.0 cm³/mol. The highest BCUT2D eigenvalue weighted by molar-refractivity contribution is 5.69. The molecule has 2 nitrogen and oxygen atoms in total. The number of esters is 1. The van der Waals surface area contributed by atoms with E-state index in [1.54, 1.807) is 0 Å². The molecule has 0 aliphatic carbocycles. The SMILES string of the molecule is CCCCCOC(=O)CCCC. The highest BCUT2D eigenvalue weighted by Crippen LogP contribution is 1.99. The first-order valence-electron chi connectivity index (χ1n) is 4.96. The molecular weight excluding hydrogens is 152 g/mol. The van der Waals surface area contributed by atoms with Gasteiger partial charge in [0.2, 0.25) is 0 Å². The second-order valence-electron chi connectivity index (χ2n) is 3.03. The largest absolute Gasteiger partial charge is 0.466 e. The lowest BCUT2D eigenvalue weighted by Gasteiger charge is -2.02. The van der Waals surface area contributed by atoms with Gasteiger partial charge in [-0.15, -0.1) is 0 Å². The molecule has 0 radical (unpaired) electrons. The molecule has 0 aliphatic heterocycles. The summed E-state index contributed by atoms with van der Waals surface area (Å²) >= 11 is 0. The van der Waals surface area contributed by atoms with Gasteiger partial charge < -0.3 is 4.74 Å². The number of hydrogen-bond donors (Lipinski definition) is 0. The molecule has 12 heavy (non-hydrogen) atoms. The number of rotatable bonds is 7. The molecule has 0 fully saturated rings. The summed E-state index contributed by atoms with van der Waals surface area (Å²) in [5.74, 6) is -0.0343. The Morgan fingerprint density at radius 2 is 1.75 bits per heavy atom. The molecule has 0 atom stereocenters. The Balaban J connectivity index is 3.08. The van der Waals surface area contributed by atoms with Crippen molar-refractivity contribution in [3.8, 4) is 0 Å². The van der Waals surface area contributed by atoms with E-state index in [4.69, 9.17) is 4.74 Å². The molecule has 0 unspecified atom stereocenters. The number of unbranched alkanes of at least 4 members (excludes halogenated alkanes) is 3. The molecule has 0 aliphatic rings. The van der Waals surface area contributed by atoms with Gasteiger partial charge >= 0.3 is 5.97 Å². The van der Waals surface area contributed by atoms with Crippen molar-refractivity contribution in [3.63, 3.8) is 0 Å². The van der Waals surface area contributed by atoms with Crippen molar-refractivity contribution < 1.29 is 9.53 Å². The lowest BCUT2D eigenvalue weighted by Crippen LogP contribution is -2.05. The highest BCUT2D eigenvalue weighted by atomic mass is 16.5. The van der Waals surface area contributed by atoms with Crippen LogP contribution in [0.25, 0.3) is 0 Å². The van der Waals surface area contributed by atoms with E-state index in [0.29, 0.717) is 13.0 Å². The van der Waals surface area contributed by atoms with Crippen LogP contribution in [0.4, 0.5) is 0 Å². The molecule has 0 amide bonds. The smallest absolute Gasteiger partial charge is 0.305 e. The molecule has 0 saturated heterocycles. The van der Waals surface area contributed by atoms with Gasteiger partial charge in [0, 0.05) is 6.42 Å². The van der Waals surface area contributed by atoms with Crippen molar-refractivity contribution in [3.05, 3.63) is 0 Å². The van der Waals surface area contributed by atoms with Crippen molar-refractivity contribution in [2.75, 3.05) is 6.61 Å². The molecule has 0 aromatic heterocycles. The third-order valence-corrected chi connectivity index (χ3v) is 1.75. The van der Waals surface area contributed by atoms with Crippen LogP contribution < -0.4 is 0 Å². The Morgan fingerprint density at radius 3 is 2.33 bits per heavy atom. The Morgan fingerprint density at radius 1 is 1.08 bits per heavy atom. The number of ether oxygens (including phenoxy) is 1. The van der Waals surface area contributed by atoms with Gasteiger partial charge in [0.15, 0.2) is 0 Å². The molecule has 72 valence electrons. The van der Waals surface area contributed by atoms with Crippen LogP contribution in [0.5, 0.6) is 0 Å². The first kappa shape index (κ1) is 11.5. The lowest BCUT2D eigenvalue weighted by atomic mass is 10.2. The maximum absolute atomic E-state index is 10.9. The maximum atomic E-state index is 10.9. The second-order valence-corrected chi connectivity index (χ2v) is 3.03. The standard InChI is InChI=1S/C10H20O2/c1-3-5-7-9-12-10(11)8-6-4-2/h3-9H2,1-2H3. The lowest BCUT2D eigenvalue weighted by molar-refractivity contribution is -0.143. The minimum atomic E-state index is -0.0343. The third-order valence-electron chi connectivity index (χ3n) is 1.75. The van der Waals surface area contributed by atoms with Crippen molar-refractivity contribution in [1.82, 2.24) is 0 Å². The summed E-state index contributed by atoms with van der Waals surface area (Å²) < 4.78 is 5.01. The summed E-state index contributed by atoms with van der Waals surface area (Å²) in [6, 6.07) is 0. The average Bonchev–Trinajstić information content (AvgIpc) is 2.09. The topological polar surface area (TPSA) is 26.3 Å². The van der Waals surface area contributed by atoms with E-state index in [9.17, 15) is 4.79 Å². The van der Waals surface area contributed by atoms with Crippen LogP contribution in [-0.4, -0.2) is 12.6 Å². The average molecular weight is 172 g/mol. The van der Waals surface area contributed by atoms with Crippen molar-refractivity contribution in [2.45, 2.75) is 52.4 Å². The van der Waals surface area contributed by atoms with E-state index in [-0.39, 0.29) is 5.97 Å². The van der Waals surface area contributed by atoms with Crippen LogP contribution in [0.15, 0.2) is 0 Å². The second kappa shape index (κ2) is 8.57. The van der Waals surface area contributed by atoms with Gasteiger partial charge in [-0.1, -0.05) is 33.1 Å². The number of carbonyl (C=O) groups excluding carboxylic acids is 1. The first-order chi connectivity index (χ1) is 5.81. The van der Waals surface area contributed by atoms with Gasteiger partial charge in [-0.3, -0.25) is 4.79 Å². The minimum absolute atomic E-state index is 0.0343. The van der Waals surface area contributed by atoms with Crippen LogP contribution in [0.1, 0.15) is 52.4 Å². The van der Waals surface area contributed by atoms with Gasteiger partial charge in [-0.25, -0.2) is 0 Å². The summed E-state index contributed by atoms with van der Waals surface area (Å²) in [4.78, 5) is 10.9. The van der Waals surface area contributed by atoms with Gasteiger partial charge in [0.25, 0.3) is 0 Å². The van der Waals surface area contributed by atoms with Crippen LogP contribution in [0.3, 0.4) is 0 Å². The Labute approximate surface area is 75.3 Å². The zero-order valence-electron chi connectivity index (χ0n) is 8.27. The van der Waals surface area contributed by atoms with Crippen molar-refractivity contribution in [2.24, 2.45) is 0 Å². The van der Waals surface area contributed by atoms with E-state index >= 15 is 0 Å². The van der Waals surface area contributed by atoms with Gasteiger partial charge in [0.05, 0.1) is 6.61 Å². The quantitative estimate of drug-likeness (QED) is 0.436. The van der Waals surface area contributed by atoms with Crippen LogP contribution in [0, 0.1) is 0 Å². The number of hydrogen-bond acceptors (Lipinski definition) is 2. The number of carbonyl (C=O) groups is 1. The minimum Gasteiger partial charge on any atom is -0.466 e. The molecule has 0 rings (SSSR count). The molecule has 0 aromatic carbocycles. The molecule has 0 aromatic rings. The fourth-order valence-corrected chi connectivity index (χ4v) is 0.931. The van der Waals surface area contributed by atoms with E-state index in [0.717, 1.165) is 25.7 Å². The highest BCUT2D eigenvalue weighted by Gasteiger charge is 1.99. The van der Waals surface area contributed by atoms with Crippen molar-refractivity contribution in [1.29, 1.82) is 0 Å². The molecule has 0 heterocycles. The summed E-state index contributed by atoms with van der Waals surface area (Å²) in [5.41, 5.74) is 0. The fraction of sp³-hybridized carbons (Fsp3) is 0.900. The van der Waals surface area contributed by atoms with Crippen LogP contribution in [-0.2, 0) is 9.53 Å². The Hall–Kier alpha value is -0.530. The summed E-state index contributed by atoms with van der Waals surface area (Å²) in [6.45, 7) is 4.82. The fourth-order valence-electron chi connectivity index (χ4n) is 0.931. The first-order valence-corrected chi connectivity index (χ1v) is 4.96. The summed E-state index contributed by atoms with van der Waals surface area (Å²) in [6.07, 6.45) is 5.93. The third kappa shape index (κ3) is 7.58. The van der Waals surface area contributed by atoms with Gasteiger partial charge in [-0.05, 0) is 12.8 Å². The normalized spacial score (nSPS) is 9.83. The van der Waals surface area contributed by atoms with E-state index in [1.165, 1.54) is 6.42 Å². The van der Waals surface area contributed by atoms with E-state index in [1.807, 2.05) is 0 Å². The van der Waals surface area contributed by atoms with Crippen LogP contribution in [0.2, 0.25) is 0 Å². The predicted octanol–water partition coefficient (Wildman–Crippen LogP) is 2.91. The van der Waals surface area contributed by atoms with Gasteiger partial charge in [-0.2, -0.15) is 0 Å². The summed E-state index contributed by atoms with van der Waals surface area (Å²) in [5, 5.41) is 0. The van der Waals surface area contributed by atoms with Gasteiger partial charge in [0.1, 0.15) is 0 Å². The molecule has 0 spiro atoms. The zero-order chi connectivity index (χ0) is 9.23. The molecule has 0 saturated carbocycles. The molecular formula is C10H20O2. The van der Waals surface area contributed by atoms with Crippen LogP contribution >= 0.6 is 0 Å². The molecule has 2 heteroatoms. The van der Waals surface area contributed by atoms with E-state index in [2.05, 4.69) is 13.8 Å². The zero-order valence-corrected chi connectivity index (χ0v) is 8.27. The molecule has 0 bridgehead atoms. The summed E-state index contributed by atoms with van der Waals surface area (Å²) in [7, 11) is 0. The monoisotopic (exact) mass is 172 g/mol. The Kier molecular flexibility index (Phi) is 8.19. The van der Waals surface area contributed by atoms with Crippen molar-refractivity contribution >= 4 is 5.97 Å². The molecule has 0 N–H and O–H groups in total. The Bertz CT molecular complexity index is 110. The maximum Gasteiger partial charge on any atom is 0.305 e. The van der Waals surface area contributed by atoms with E-state index < -0.39 is 0 Å².